The van der Waals surface area contributed by atoms with Crippen molar-refractivity contribution in [3.05, 3.63) is 0 Å². The number of amides is 7. The van der Waals surface area contributed by atoms with Gasteiger partial charge < -0.3 is 54.2 Å². The number of nitrogens with one attached hydrogen (secondary N) is 4. The highest BCUT2D eigenvalue weighted by atomic mass is 16.3. The third kappa shape index (κ3) is 11.7. The molecule has 0 aliphatic carbocycles. The molecular weight excluding hydrogens is 578 g/mol. The third-order valence-electron chi connectivity index (χ3n) is 7.52. The average Bonchev–Trinajstić information content (AvgIpc) is 3.46. The molecule has 13 N–H and O–H groups in total. The first-order valence-corrected chi connectivity index (χ1v) is 14.8. The highest BCUT2D eigenvalue weighted by Crippen LogP contribution is 2.21. The third-order valence-corrected chi connectivity index (χ3v) is 7.52. The molecule has 0 spiro atoms. The van der Waals surface area contributed by atoms with Gasteiger partial charge in [0.25, 0.3) is 0 Å². The van der Waals surface area contributed by atoms with Crippen molar-refractivity contribution in [2.75, 3.05) is 19.6 Å². The van der Waals surface area contributed by atoms with E-state index in [2.05, 4.69) is 21.3 Å². The van der Waals surface area contributed by atoms with E-state index in [0.717, 1.165) is 0 Å². The van der Waals surface area contributed by atoms with Crippen molar-refractivity contribution in [1.29, 1.82) is 0 Å². The first-order chi connectivity index (χ1) is 20.7. The second kappa shape index (κ2) is 18.7. The molecule has 17 heteroatoms. The van der Waals surface area contributed by atoms with Crippen LogP contribution in [0.4, 0.5) is 0 Å². The zero-order valence-electron chi connectivity index (χ0n) is 25.7. The Morgan fingerprint density at radius 2 is 1.55 bits per heavy atom. The smallest absolute Gasteiger partial charge is 0.245 e. The van der Waals surface area contributed by atoms with Crippen LogP contribution in [0.5, 0.6) is 0 Å². The van der Waals surface area contributed by atoms with Crippen LogP contribution in [0.15, 0.2) is 0 Å². The number of hydrogen-bond donors (Lipinski definition) is 9. The van der Waals surface area contributed by atoms with Gasteiger partial charge in [0.15, 0.2) is 0 Å². The summed E-state index contributed by atoms with van der Waals surface area (Å²) in [5.41, 5.74) is 21.5. The van der Waals surface area contributed by atoms with Crippen molar-refractivity contribution in [1.82, 2.24) is 26.2 Å². The van der Waals surface area contributed by atoms with Crippen LogP contribution >= 0.6 is 0 Å². The summed E-state index contributed by atoms with van der Waals surface area (Å²) in [7, 11) is 0. The number of primary amides is 2. The van der Waals surface area contributed by atoms with Crippen LogP contribution in [0.2, 0.25) is 0 Å². The fraction of sp³-hybridized carbons (Fsp3) is 0.741. The highest BCUT2D eigenvalue weighted by molar-refractivity contribution is 5.98. The molecule has 0 saturated carbocycles. The lowest BCUT2D eigenvalue weighted by Crippen LogP contribution is -2.60. The van der Waals surface area contributed by atoms with Crippen LogP contribution in [-0.4, -0.2) is 107 Å². The van der Waals surface area contributed by atoms with Gasteiger partial charge in [0.2, 0.25) is 41.4 Å². The number of carbonyl (C=O) groups excluding carboxylic acids is 7. The molecular formula is C27H49N9O8. The summed E-state index contributed by atoms with van der Waals surface area (Å²) < 4.78 is 0. The maximum absolute atomic E-state index is 13.8. The van der Waals surface area contributed by atoms with Crippen molar-refractivity contribution in [3.63, 3.8) is 0 Å². The van der Waals surface area contributed by atoms with Gasteiger partial charge in [-0.3, -0.25) is 33.6 Å². The highest BCUT2D eigenvalue weighted by Gasteiger charge is 2.40. The van der Waals surface area contributed by atoms with E-state index in [4.69, 9.17) is 22.9 Å². The first-order valence-electron chi connectivity index (χ1n) is 14.8. The summed E-state index contributed by atoms with van der Waals surface area (Å²) in [5.74, 6) is -5.63. The molecule has 7 atom stereocenters. The van der Waals surface area contributed by atoms with E-state index in [1.54, 1.807) is 6.92 Å². The average molecular weight is 628 g/mol. The number of aliphatic hydroxyl groups excluding tert-OH is 1. The molecule has 0 bridgehead atoms. The van der Waals surface area contributed by atoms with Crippen molar-refractivity contribution in [3.8, 4) is 0 Å². The van der Waals surface area contributed by atoms with E-state index in [1.165, 1.54) is 11.8 Å². The van der Waals surface area contributed by atoms with Gasteiger partial charge in [0.1, 0.15) is 30.2 Å². The van der Waals surface area contributed by atoms with Crippen LogP contribution in [0, 0.1) is 5.92 Å². The maximum atomic E-state index is 13.8. The van der Waals surface area contributed by atoms with Gasteiger partial charge >= 0.3 is 0 Å². The normalized spacial score (nSPS) is 18.6. The quantitative estimate of drug-likeness (QED) is 0.0622. The minimum absolute atomic E-state index is 0.178. The van der Waals surface area contributed by atoms with Crippen LogP contribution in [0.1, 0.15) is 65.7 Å². The molecule has 0 radical (unpaired) electrons. The first kappa shape index (κ1) is 38.2. The summed E-state index contributed by atoms with van der Waals surface area (Å²) in [5, 5.41) is 19.7. The van der Waals surface area contributed by atoms with E-state index < -0.39 is 84.1 Å². The zero-order chi connectivity index (χ0) is 33.6. The van der Waals surface area contributed by atoms with Gasteiger partial charge in [0.05, 0.1) is 19.1 Å². The Morgan fingerprint density at radius 1 is 0.886 bits per heavy atom. The number of unbranched alkanes of at least 4 members (excludes halogenated alkanes) is 1. The number of hydrogen-bond acceptors (Lipinski definition) is 10. The Bertz CT molecular complexity index is 1040. The molecule has 1 aliphatic heterocycles. The lowest BCUT2D eigenvalue weighted by atomic mass is 9.97. The van der Waals surface area contributed by atoms with Crippen molar-refractivity contribution >= 4 is 41.4 Å². The van der Waals surface area contributed by atoms with Crippen molar-refractivity contribution in [2.24, 2.45) is 28.9 Å². The molecule has 0 aromatic heterocycles. The zero-order valence-corrected chi connectivity index (χ0v) is 25.7. The maximum Gasteiger partial charge on any atom is 0.245 e. The standard InChI is InChI=1S/C27H49N9O8/c1-4-14(2)21(34-20(39)13-29)26(43)32-16(8-5-6-10-28)27(44)36-11-7-9-18(36)25(42)33-17(12-19(30)38)24(41)35-22(15(3)37)23(31)40/h14-18,21-22,37H,4-13,28-29H2,1-3H3,(H2,30,38)(H2,31,40)(H,32,43)(H,33,42)(H,34,39)(H,35,41)/t14-,15+,16-,17-,18-,21-,22-/m0/s1. The van der Waals surface area contributed by atoms with Crippen LogP contribution in [0.25, 0.3) is 0 Å². The molecule has 0 aromatic rings. The number of nitrogens with two attached hydrogens (primary N) is 4. The molecule has 1 rings (SSSR count). The number of carbonyl (C=O) groups is 7. The molecule has 0 unspecified atom stereocenters. The summed E-state index contributed by atoms with van der Waals surface area (Å²) in [6.45, 7) is 5.07. The second-order valence-electron chi connectivity index (χ2n) is 11.0. The Kier molecular flexibility index (Phi) is 16.3. The molecule has 1 fully saturated rings. The molecule has 1 aliphatic rings. The van der Waals surface area contributed by atoms with E-state index in [0.29, 0.717) is 32.2 Å². The van der Waals surface area contributed by atoms with E-state index >= 15 is 0 Å². The number of likely N-dealkylation sites (tertiary alicyclic amines) is 1. The SMILES string of the molecule is CC[C@H](C)[C@H](NC(=O)CN)C(=O)N[C@@H](CCCCN)C(=O)N1CCC[C@H]1C(=O)N[C@@H](CC(N)=O)C(=O)N[C@H](C(N)=O)[C@@H](C)O. The van der Waals surface area contributed by atoms with Gasteiger partial charge in [-0.25, -0.2) is 0 Å². The lowest BCUT2D eigenvalue weighted by Gasteiger charge is -2.31. The molecule has 7 amide bonds. The van der Waals surface area contributed by atoms with Gasteiger partial charge in [-0.1, -0.05) is 20.3 Å². The molecule has 1 saturated heterocycles. The van der Waals surface area contributed by atoms with E-state index in [-0.39, 0.29) is 31.8 Å². The van der Waals surface area contributed by atoms with Crippen LogP contribution in [-0.2, 0) is 33.6 Å². The second-order valence-corrected chi connectivity index (χ2v) is 11.0. The molecule has 250 valence electrons. The largest absolute Gasteiger partial charge is 0.391 e. The minimum Gasteiger partial charge on any atom is -0.391 e. The Morgan fingerprint density at radius 3 is 2.07 bits per heavy atom. The van der Waals surface area contributed by atoms with Crippen LogP contribution in [0.3, 0.4) is 0 Å². The minimum atomic E-state index is -1.53. The fourth-order valence-electron chi connectivity index (χ4n) is 4.81. The Labute approximate surface area is 256 Å². The van der Waals surface area contributed by atoms with Gasteiger partial charge in [-0.2, -0.15) is 0 Å². The lowest BCUT2D eigenvalue weighted by molar-refractivity contribution is -0.143. The monoisotopic (exact) mass is 627 g/mol. The van der Waals surface area contributed by atoms with Crippen LogP contribution < -0.4 is 44.2 Å². The number of rotatable bonds is 19. The predicted octanol–water partition coefficient (Wildman–Crippen LogP) is -4.21. The summed E-state index contributed by atoms with van der Waals surface area (Å²) >= 11 is 0. The number of aliphatic hydroxyl groups is 1. The molecule has 17 nitrogen and oxygen atoms in total. The topological polar surface area (TPSA) is 295 Å². The van der Waals surface area contributed by atoms with Crippen molar-refractivity contribution < 1.29 is 38.7 Å². The predicted molar refractivity (Wildman–Crippen MR) is 159 cm³/mol. The van der Waals surface area contributed by atoms with E-state index in [9.17, 15) is 38.7 Å². The van der Waals surface area contributed by atoms with Gasteiger partial charge in [-0.05, 0) is 51.5 Å². The van der Waals surface area contributed by atoms with Crippen molar-refractivity contribution in [2.45, 2.75) is 102 Å². The molecule has 1 heterocycles. The van der Waals surface area contributed by atoms with E-state index in [1.807, 2.05) is 6.92 Å². The molecule has 44 heavy (non-hydrogen) atoms. The fourth-order valence-corrected chi connectivity index (χ4v) is 4.81. The summed E-state index contributed by atoms with van der Waals surface area (Å²) in [6, 6.07) is -6.06. The Balaban J connectivity index is 3.19. The molecule has 0 aromatic carbocycles. The summed E-state index contributed by atoms with van der Waals surface area (Å²) in [4.78, 5) is 89.9. The Hall–Kier alpha value is -3.83. The summed E-state index contributed by atoms with van der Waals surface area (Å²) in [6.07, 6.45) is 0.508. The number of nitrogens with zero attached hydrogens (tertiary/aromatic N) is 1. The van der Waals surface area contributed by atoms with Gasteiger partial charge in [0, 0.05) is 6.54 Å². The van der Waals surface area contributed by atoms with Gasteiger partial charge in [-0.15, -0.1) is 0 Å².